The number of amides is 1. The van der Waals surface area contributed by atoms with Crippen LogP contribution in [0.2, 0.25) is 0 Å². The molecule has 0 atom stereocenters. The maximum atomic E-state index is 11.8. The number of carbonyl (C=O) groups excluding carboxylic acids is 1. The number of methoxy groups -OCH3 is 2. The molecule has 0 saturated carbocycles. The number of benzene rings is 1. The predicted octanol–water partition coefficient (Wildman–Crippen LogP) is 3.77. The Morgan fingerprint density at radius 3 is 2.00 bits per heavy atom. The van der Waals surface area contributed by atoms with Gasteiger partial charge < -0.3 is 14.2 Å². The molecule has 0 aliphatic carbocycles. The molecule has 5 nitrogen and oxygen atoms in total. The summed E-state index contributed by atoms with van der Waals surface area (Å²) in [7, 11) is 3.15. The summed E-state index contributed by atoms with van der Waals surface area (Å²) in [5.74, 6) is 1.28. The van der Waals surface area contributed by atoms with Crippen LogP contribution < -0.4 is 14.8 Å². The van der Waals surface area contributed by atoms with Gasteiger partial charge in [-0.2, -0.15) is 0 Å². The third kappa shape index (κ3) is 4.52. The number of carbonyl (C=O) groups is 1. The highest BCUT2D eigenvalue weighted by molar-refractivity contribution is 7.98. The van der Waals surface area contributed by atoms with Crippen LogP contribution in [0.5, 0.6) is 11.5 Å². The number of nitrogens with one attached hydrogen (secondary N) is 1. The molecule has 1 aromatic rings. The van der Waals surface area contributed by atoms with Gasteiger partial charge in [0.05, 0.1) is 24.8 Å². The number of anilines is 1. The van der Waals surface area contributed by atoms with E-state index in [1.165, 1.54) is 11.8 Å². The first kappa shape index (κ1) is 16.5. The summed E-state index contributed by atoms with van der Waals surface area (Å²) in [4.78, 5) is 12.6. The third-order valence-corrected chi connectivity index (χ3v) is 3.12. The average molecular weight is 299 g/mol. The lowest BCUT2D eigenvalue weighted by atomic mass is 10.2. The van der Waals surface area contributed by atoms with E-state index in [1.807, 2.05) is 27.0 Å². The molecule has 6 heteroatoms. The van der Waals surface area contributed by atoms with Gasteiger partial charge in [0.1, 0.15) is 17.1 Å². The fourth-order valence-corrected chi connectivity index (χ4v) is 2.26. The molecule has 0 saturated heterocycles. The lowest BCUT2D eigenvalue weighted by molar-refractivity contribution is 0.0636. The molecular formula is C14H21NO4S. The van der Waals surface area contributed by atoms with Crippen molar-refractivity contribution in [2.75, 3.05) is 25.8 Å². The molecule has 1 rings (SSSR count). The van der Waals surface area contributed by atoms with E-state index in [0.717, 1.165) is 4.90 Å². The lowest BCUT2D eigenvalue weighted by Crippen LogP contribution is -2.27. The molecule has 20 heavy (non-hydrogen) atoms. The Morgan fingerprint density at radius 2 is 1.65 bits per heavy atom. The van der Waals surface area contributed by atoms with E-state index in [2.05, 4.69) is 5.32 Å². The predicted molar refractivity (Wildman–Crippen MR) is 81.2 cm³/mol. The highest BCUT2D eigenvalue weighted by atomic mass is 32.2. The number of rotatable bonds is 4. The van der Waals surface area contributed by atoms with Crippen molar-refractivity contribution in [3.8, 4) is 11.5 Å². The Morgan fingerprint density at radius 1 is 1.15 bits per heavy atom. The number of ether oxygens (including phenoxy) is 3. The van der Waals surface area contributed by atoms with E-state index in [-0.39, 0.29) is 0 Å². The van der Waals surface area contributed by atoms with Crippen LogP contribution in [0, 0.1) is 0 Å². The summed E-state index contributed by atoms with van der Waals surface area (Å²) in [6, 6.07) is 3.47. The molecule has 1 aromatic carbocycles. The van der Waals surface area contributed by atoms with E-state index < -0.39 is 11.7 Å². The minimum atomic E-state index is -0.544. The monoisotopic (exact) mass is 299 g/mol. The van der Waals surface area contributed by atoms with E-state index in [0.29, 0.717) is 17.2 Å². The zero-order valence-corrected chi connectivity index (χ0v) is 13.5. The van der Waals surface area contributed by atoms with Crippen molar-refractivity contribution in [1.29, 1.82) is 0 Å². The van der Waals surface area contributed by atoms with Crippen molar-refractivity contribution >= 4 is 23.5 Å². The number of hydrogen-bond donors (Lipinski definition) is 1. The van der Waals surface area contributed by atoms with Gasteiger partial charge in [-0.3, -0.25) is 5.32 Å². The SMILES string of the molecule is COc1cc(NC(=O)OC(C)(C)C)cc(OC)c1SC. The van der Waals surface area contributed by atoms with Crippen LogP contribution >= 0.6 is 11.8 Å². The standard InChI is InChI=1S/C14H21NO4S/c1-14(2,3)19-13(16)15-9-7-10(17-4)12(20-6)11(8-9)18-5/h7-8H,1-6H3,(H,15,16). The molecule has 0 fully saturated rings. The maximum Gasteiger partial charge on any atom is 0.412 e. The van der Waals surface area contributed by atoms with Crippen molar-refractivity contribution in [1.82, 2.24) is 0 Å². The summed E-state index contributed by atoms with van der Waals surface area (Å²) in [6.45, 7) is 5.43. The Labute approximate surface area is 124 Å². The summed E-state index contributed by atoms with van der Waals surface area (Å²) >= 11 is 1.51. The first-order valence-corrected chi connectivity index (χ1v) is 7.33. The molecule has 0 aliphatic heterocycles. The van der Waals surface area contributed by atoms with E-state index in [4.69, 9.17) is 14.2 Å². The Bertz CT molecular complexity index is 458. The topological polar surface area (TPSA) is 56.8 Å². The molecule has 0 bridgehead atoms. The smallest absolute Gasteiger partial charge is 0.412 e. The summed E-state index contributed by atoms with van der Waals surface area (Å²) in [5, 5.41) is 2.67. The molecule has 0 spiro atoms. The van der Waals surface area contributed by atoms with Gasteiger partial charge in [0, 0.05) is 12.1 Å². The third-order valence-electron chi connectivity index (χ3n) is 2.31. The van der Waals surface area contributed by atoms with Gasteiger partial charge in [0.15, 0.2) is 0 Å². The number of thioether (sulfide) groups is 1. The van der Waals surface area contributed by atoms with Gasteiger partial charge in [-0.1, -0.05) is 0 Å². The van der Waals surface area contributed by atoms with Crippen LogP contribution in [0.1, 0.15) is 20.8 Å². The molecule has 0 radical (unpaired) electrons. The molecule has 0 heterocycles. The van der Waals surface area contributed by atoms with E-state index >= 15 is 0 Å². The Hall–Kier alpha value is -1.56. The molecule has 0 aliphatic rings. The van der Waals surface area contributed by atoms with Gasteiger partial charge in [-0.15, -0.1) is 11.8 Å². The fourth-order valence-electron chi connectivity index (χ4n) is 1.57. The second-order valence-corrected chi connectivity index (χ2v) is 5.86. The zero-order chi connectivity index (χ0) is 15.3. The molecule has 112 valence electrons. The Kier molecular flexibility index (Phi) is 5.56. The van der Waals surface area contributed by atoms with Crippen molar-refractivity contribution in [2.24, 2.45) is 0 Å². The van der Waals surface area contributed by atoms with Crippen LogP contribution in [0.15, 0.2) is 17.0 Å². The summed E-state index contributed by atoms with van der Waals surface area (Å²) in [5.41, 5.74) is 0.0167. The molecule has 0 aromatic heterocycles. The molecule has 1 amide bonds. The lowest BCUT2D eigenvalue weighted by Gasteiger charge is -2.20. The molecule has 0 unspecified atom stereocenters. The van der Waals surface area contributed by atoms with Gasteiger partial charge >= 0.3 is 6.09 Å². The summed E-state index contributed by atoms with van der Waals surface area (Å²) < 4.78 is 15.8. The van der Waals surface area contributed by atoms with Gasteiger partial charge in [-0.25, -0.2) is 4.79 Å². The van der Waals surface area contributed by atoms with Gasteiger partial charge in [0.2, 0.25) is 0 Å². The normalized spacial score (nSPS) is 10.9. The highest BCUT2D eigenvalue weighted by Crippen LogP contribution is 2.39. The van der Waals surface area contributed by atoms with Crippen LogP contribution in [-0.4, -0.2) is 32.2 Å². The Balaban J connectivity index is 2.99. The second kappa shape index (κ2) is 6.74. The van der Waals surface area contributed by atoms with Gasteiger partial charge in [-0.05, 0) is 27.0 Å². The molecule has 1 N–H and O–H groups in total. The second-order valence-electron chi connectivity index (χ2n) is 5.04. The van der Waals surface area contributed by atoms with Crippen LogP contribution in [0.3, 0.4) is 0 Å². The van der Waals surface area contributed by atoms with Crippen molar-refractivity contribution < 1.29 is 19.0 Å². The minimum Gasteiger partial charge on any atom is -0.495 e. The van der Waals surface area contributed by atoms with Crippen LogP contribution in [0.25, 0.3) is 0 Å². The first-order valence-electron chi connectivity index (χ1n) is 6.10. The van der Waals surface area contributed by atoms with E-state index in [1.54, 1.807) is 26.4 Å². The van der Waals surface area contributed by atoms with Crippen LogP contribution in [0.4, 0.5) is 10.5 Å². The van der Waals surface area contributed by atoms with Crippen molar-refractivity contribution in [2.45, 2.75) is 31.3 Å². The van der Waals surface area contributed by atoms with Crippen molar-refractivity contribution in [3.63, 3.8) is 0 Å². The van der Waals surface area contributed by atoms with E-state index in [9.17, 15) is 4.79 Å². The average Bonchev–Trinajstić information content (AvgIpc) is 2.35. The number of hydrogen-bond acceptors (Lipinski definition) is 5. The van der Waals surface area contributed by atoms with Crippen LogP contribution in [-0.2, 0) is 4.74 Å². The largest absolute Gasteiger partial charge is 0.495 e. The molecular weight excluding hydrogens is 278 g/mol. The maximum absolute atomic E-state index is 11.8. The summed E-state index contributed by atoms with van der Waals surface area (Å²) in [6.07, 6.45) is 1.42. The zero-order valence-electron chi connectivity index (χ0n) is 12.7. The fraction of sp³-hybridized carbons (Fsp3) is 0.500. The van der Waals surface area contributed by atoms with Crippen molar-refractivity contribution in [3.05, 3.63) is 12.1 Å². The first-order chi connectivity index (χ1) is 9.30. The highest BCUT2D eigenvalue weighted by Gasteiger charge is 2.18. The van der Waals surface area contributed by atoms with Gasteiger partial charge in [0.25, 0.3) is 0 Å². The quantitative estimate of drug-likeness (QED) is 0.858. The minimum absolute atomic E-state index is 0.515.